The third kappa shape index (κ3) is 4.54. The predicted octanol–water partition coefficient (Wildman–Crippen LogP) is 2.33. The molecule has 1 atom stereocenters. The third-order valence-electron chi connectivity index (χ3n) is 4.51. The SMILES string of the molecule is C[C@@]1(c2ccccc2)NC(=O)N(NC(=O)CSc2nnc(NCc3ccco3)s2)C1=O. The standard InChI is InChI=1S/C19H18N6O4S2/c1-19(12-6-3-2-4-7-12)15(27)25(17(28)21-19)24-14(26)11-30-18-23-22-16(31-18)20-10-13-8-5-9-29-13/h2-9H,10-11H2,1H3,(H,20,22)(H,21,28)(H,24,26)/t19-/m0/s1. The number of amides is 4. The monoisotopic (exact) mass is 458 g/mol. The number of carbonyl (C=O) groups is 3. The van der Waals surface area contributed by atoms with Crippen LogP contribution in [0.15, 0.2) is 57.5 Å². The minimum atomic E-state index is -1.24. The Bertz CT molecular complexity index is 1090. The molecule has 12 heteroatoms. The first-order valence-corrected chi connectivity index (χ1v) is 11.0. The quantitative estimate of drug-likeness (QED) is 0.346. The third-order valence-corrected chi connectivity index (χ3v) is 6.52. The summed E-state index contributed by atoms with van der Waals surface area (Å²) in [5, 5.41) is 15.0. The van der Waals surface area contributed by atoms with Crippen LogP contribution in [0, 0.1) is 0 Å². The second-order valence-electron chi connectivity index (χ2n) is 6.69. The molecule has 1 fully saturated rings. The number of imide groups is 1. The Morgan fingerprint density at radius 2 is 2.03 bits per heavy atom. The van der Waals surface area contributed by atoms with Crippen LogP contribution in [0.5, 0.6) is 0 Å². The molecule has 3 heterocycles. The Labute approximate surface area is 185 Å². The van der Waals surface area contributed by atoms with Gasteiger partial charge >= 0.3 is 6.03 Å². The number of rotatable bonds is 8. The van der Waals surface area contributed by atoms with E-state index < -0.39 is 23.4 Å². The molecular formula is C19H18N6O4S2. The lowest BCUT2D eigenvalue weighted by molar-refractivity contribution is -0.138. The Balaban J connectivity index is 1.30. The van der Waals surface area contributed by atoms with Crippen LogP contribution in [0.2, 0.25) is 0 Å². The second kappa shape index (κ2) is 8.78. The molecule has 1 aromatic carbocycles. The van der Waals surface area contributed by atoms with Crippen molar-refractivity contribution in [2.75, 3.05) is 11.1 Å². The number of hydrogen-bond donors (Lipinski definition) is 3. The summed E-state index contributed by atoms with van der Waals surface area (Å²) in [6.07, 6.45) is 1.59. The Hall–Kier alpha value is -3.38. The fourth-order valence-corrected chi connectivity index (χ4v) is 4.45. The van der Waals surface area contributed by atoms with E-state index in [0.29, 0.717) is 26.6 Å². The van der Waals surface area contributed by atoms with Crippen molar-refractivity contribution >= 4 is 46.1 Å². The summed E-state index contributed by atoms with van der Waals surface area (Å²) < 4.78 is 5.81. The summed E-state index contributed by atoms with van der Waals surface area (Å²) in [5.74, 6) is -0.334. The highest BCUT2D eigenvalue weighted by atomic mass is 32.2. The molecule has 0 bridgehead atoms. The minimum Gasteiger partial charge on any atom is -0.467 e. The maximum Gasteiger partial charge on any atom is 0.344 e. The summed E-state index contributed by atoms with van der Waals surface area (Å²) >= 11 is 2.44. The van der Waals surface area contributed by atoms with E-state index >= 15 is 0 Å². The molecule has 0 radical (unpaired) electrons. The normalized spacial score (nSPS) is 18.2. The first-order valence-electron chi connectivity index (χ1n) is 9.20. The number of furan rings is 1. The van der Waals surface area contributed by atoms with E-state index in [0.717, 1.165) is 17.5 Å². The maximum absolute atomic E-state index is 12.8. The Morgan fingerprint density at radius 3 is 2.77 bits per heavy atom. The predicted molar refractivity (Wildman–Crippen MR) is 114 cm³/mol. The molecule has 4 rings (SSSR count). The van der Waals surface area contributed by atoms with Crippen molar-refractivity contribution in [1.82, 2.24) is 25.9 Å². The molecule has 160 valence electrons. The molecule has 0 saturated carbocycles. The second-order valence-corrected chi connectivity index (χ2v) is 8.89. The average molecular weight is 459 g/mol. The molecule has 1 aliphatic rings. The van der Waals surface area contributed by atoms with Gasteiger partial charge in [0.2, 0.25) is 11.0 Å². The highest BCUT2D eigenvalue weighted by molar-refractivity contribution is 8.01. The molecule has 1 aliphatic heterocycles. The lowest BCUT2D eigenvalue weighted by Gasteiger charge is -2.22. The van der Waals surface area contributed by atoms with Crippen molar-refractivity contribution in [1.29, 1.82) is 0 Å². The highest BCUT2D eigenvalue weighted by Crippen LogP contribution is 2.28. The number of hydrazine groups is 1. The van der Waals surface area contributed by atoms with E-state index in [4.69, 9.17) is 4.42 Å². The van der Waals surface area contributed by atoms with Crippen LogP contribution in [-0.4, -0.2) is 38.8 Å². The maximum atomic E-state index is 12.8. The van der Waals surface area contributed by atoms with E-state index in [1.807, 2.05) is 12.1 Å². The molecule has 0 unspecified atom stereocenters. The fraction of sp³-hybridized carbons (Fsp3) is 0.211. The molecule has 3 aromatic rings. The van der Waals surface area contributed by atoms with Crippen LogP contribution in [0.25, 0.3) is 0 Å². The number of anilines is 1. The van der Waals surface area contributed by atoms with E-state index in [2.05, 4.69) is 26.3 Å². The first kappa shape index (κ1) is 20.9. The zero-order valence-corrected chi connectivity index (χ0v) is 18.0. The van der Waals surface area contributed by atoms with Gasteiger partial charge in [0, 0.05) is 0 Å². The van der Waals surface area contributed by atoms with Gasteiger partial charge in [0.1, 0.15) is 11.3 Å². The van der Waals surface area contributed by atoms with Crippen molar-refractivity contribution in [2.45, 2.75) is 23.3 Å². The van der Waals surface area contributed by atoms with Gasteiger partial charge in [0.05, 0.1) is 18.6 Å². The number of hydrogen-bond acceptors (Lipinski definition) is 9. The van der Waals surface area contributed by atoms with Gasteiger partial charge in [-0.2, -0.15) is 5.01 Å². The van der Waals surface area contributed by atoms with Crippen LogP contribution < -0.4 is 16.1 Å². The van der Waals surface area contributed by atoms with Gasteiger partial charge in [0.25, 0.3) is 5.91 Å². The minimum absolute atomic E-state index is 0.0358. The average Bonchev–Trinajstić information content (AvgIpc) is 3.50. The van der Waals surface area contributed by atoms with Crippen LogP contribution in [0.4, 0.5) is 9.93 Å². The zero-order chi connectivity index (χ0) is 21.8. The molecule has 0 spiro atoms. The highest BCUT2D eigenvalue weighted by Gasteiger charge is 2.49. The van der Waals surface area contributed by atoms with Crippen molar-refractivity contribution < 1.29 is 18.8 Å². The van der Waals surface area contributed by atoms with Crippen molar-refractivity contribution in [3.63, 3.8) is 0 Å². The molecule has 3 N–H and O–H groups in total. The summed E-state index contributed by atoms with van der Waals surface area (Å²) in [6.45, 7) is 2.07. The van der Waals surface area contributed by atoms with Gasteiger partial charge in [0.15, 0.2) is 4.34 Å². The fourth-order valence-electron chi connectivity index (χ4n) is 2.91. The van der Waals surface area contributed by atoms with Crippen molar-refractivity contribution in [3.8, 4) is 0 Å². The molecule has 0 aliphatic carbocycles. The van der Waals surface area contributed by atoms with Crippen molar-refractivity contribution in [2.24, 2.45) is 0 Å². The van der Waals surface area contributed by atoms with E-state index in [9.17, 15) is 14.4 Å². The topological polar surface area (TPSA) is 129 Å². The van der Waals surface area contributed by atoms with Gasteiger partial charge in [-0.05, 0) is 24.6 Å². The summed E-state index contributed by atoms with van der Waals surface area (Å²) in [7, 11) is 0. The molecule has 10 nitrogen and oxygen atoms in total. The van der Waals surface area contributed by atoms with Crippen LogP contribution in [0.1, 0.15) is 18.2 Å². The molecule has 4 amide bonds. The number of thioether (sulfide) groups is 1. The van der Waals surface area contributed by atoms with Gasteiger partial charge in [-0.25, -0.2) is 4.79 Å². The molecular weight excluding hydrogens is 440 g/mol. The number of aromatic nitrogens is 2. The van der Waals surface area contributed by atoms with Gasteiger partial charge in [-0.3, -0.25) is 15.0 Å². The Kier molecular flexibility index (Phi) is 5.91. The van der Waals surface area contributed by atoms with E-state index in [-0.39, 0.29) is 5.75 Å². The first-order chi connectivity index (χ1) is 15.0. The van der Waals surface area contributed by atoms with Crippen molar-refractivity contribution in [3.05, 3.63) is 60.1 Å². The smallest absolute Gasteiger partial charge is 0.344 e. The summed E-state index contributed by atoms with van der Waals surface area (Å²) in [6, 6.07) is 11.8. The summed E-state index contributed by atoms with van der Waals surface area (Å²) in [5.41, 5.74) is 1.75. The molecule has 31 heavy (non-hydrogen) atoms. The van der Waals surface area contributed by atoms with Crippen LogP contribution >= 0.6 is 23.1 Å². The number of nitrogens with zero attached hydrogens (tertiary/aromatic N) is 3. The summed E-state index contributed by atoms with van der Waals surface area (Å²) in [4.78, 5) is 37.4. The lowest BCUT2D eigenvalue weighted by atomic mass is 9.92. The lowest BCUT2D eigenvalue weighted by Crippen LogP contribution is -2.48. The van der Waals surface area contributed by atoms with E-state index in [1.54, 1.807) is 43.5 Å². The zero-order valence-electron chi connectivity index (χ0n) is 16.3. The molecule has 1 saturated heterocycles. The Morgan fingerprint density at radius 1 is 1.23 bits per heavy atom. The van der Waals surface area contributed by atoms with Gasteiger partial charge < -0.3 is 15.1 Å². The van der Waals surface area contributed by atoms with E-state index in [1.165, 1.54) is 11.3 Å². The van der Waals surface area contributed by atoms with Crippen LogP contribution in [0.3, 0.4) is 0 Å². The number of carbonyl (C=O) groups excluding carboxylic acids is 3. The molecule has 2 aromatic heterocycles. The number of urea groups is 1. The van der Waals surface area contributed by atoms with Gasteiger partial charge in [-0.1, -0.05) is 53.4 Å². The van der Waals surface area contributed by atoms with Crippen LogP contribution in [-0.2, 0) is 21.7 Å². The van der Waals surface area contributed by atoms with Gasteiger partial charge in [-0.15, -0.1) is 10.2 Å². The number of benzene rings is 1. The number of nitrogens with one attached hydrogen (secondary N) is 3. The largest absolute Gasteiger partial charge is 0.467 e.